The Morgan fingerprint density at radius 3 is 2.81 bits per heavy atom. The van der Waals surface area contributed by atoms with Crippen LogP contribution in [0.25, 0.3) is 11.1 Å². The van der Waals surface area contributed by atoms with Gasteiger partial charge in [-0.1, -0.05) is 17.7 Å². The van der Waals surface area contributed by atoms with E-state index in [2.05, 4.69) is 4.98 Å². The minimum absolute atomic E-state index is 0.0335. The Bertz CT molecular complexity index is 542. The van der Waals surface area contributed by atoms with Crippen molar-refractivity contribution < 1.29 is 9.18 Å². The van der Waals surface area contributed by atoms with Crippen molar-refractivity contribution in [2.45, 2.75) is 0 Å². The van der Waals surface area contributed by atoms with Gasteiger partial charge in [0.25, 0.3) is 0 Å². The first-order chi connectivity index (χ1) is 7.72. The van der Waals surface area contributed by atoms with Crippen molar-refractivity contribution in [1.29, 1.82) is 0 Å². The average molecular weight is 236 g/mol. The van der Waals surface area contributed by atoms with E-state index in [1.54, 1.807) is 18.3 Å². The Labute approximate surface area is 96.7 Å². The van der Waals surface area contributed by atoms with Crippen LogP contribution in [-0.4, -0.2) is 11.3 Å². The van der Waals surface area contributed by atoms with Crippen LogP contribution in [0.4, 0.5) is 4.39 Å². The van der Waals surface area contributed by atoms with Crippen molar-refractivity contribution in [2.75, 3.05) is 0 Å². The summed E-state index contributed by atoms with van der Waals surface area (Å²) in [4.78, 5) is 14.6. The highest BCUT2D eigenvalue weighted by atomic mass is 35.5. The molecule has 2 aromatic rings. The first kappa shape index (κ1) is 10.8. The van der Waals surface area contributed by atoms with Crippen LogP contribution < -0.4 is 0 Å². The fraction of sp³-hybridized carbons (Fsp3) is 0. The zero-order valence-electron chi connectivity index (χ0n) is 8.15. The number of carbonyl (C=O) groups excluding carboxylic acids is 1. The van der Waals surface area contributed by atoms with Crippen LogP contribution in [0.3, 0.4) is 0 Å². The minimum atomic E-state index is -0.480. The van der Waals surface area contributed by atoms with Gasteiger partial charge in [-0.2, -0.15) is 0 Å². The van der Waals surface area contributed by atoms with Crippen LogP contribution in [0.2, 0.25) is 5.02 Å². The number of benzene rings is 1. The van der Waals surface area contributed by atoms with Crippen LogP contribution in [0.1, 0.15) is 10.4 Å². The summed E-state index contributed by atoms with van der Waals surface area (Å²) in [7, 11) is 0. The summed E-state index contributed by atoms with van der Waals surface area (Å²) < 4.78 is 13.0. The topological polar surface area (TPSA) is 30.0 Å². The molecule has 1 aromatic heterocycles. The number of rotatable bonds is 2. The summed E-state index contributed by atoms with van der Waals surface area (Å²) in [6.07, 6.45) is 3.73. The van der Waals surface area contributed by atoms with Gasteiger partial charge in [0, 0.05) is 18.0 Å². The maximum atomic E-state index is 13.0. The number of aromatic nitrogens is 1. The standard InChI is InChI=1S/C12H7ClFNO/c13-11-5-8(1-2-12(11)14)10-3-4-15-6-9(10)7-16/h1-7H. The van der Waals surface area contributed by atoms with Gasteiger partial charge in [-0.15, -0.1) is 0 Å². The molecule has 2 rings (SSSR count). The number of halogens is 2. The second-order valence-electron chi connectivity index (χ2n) is 3.21. The molecule has 0 fully saturated rings. The van der Waals surface area contributed by atoms with E-state index >= 15 is 0 Å². The predicted octanol–water partition coefficient (Wildman–Crippen LogP) is 3.35. The van der Waals surface area contributed by atoms with Crippen LogP contribution in [0.5, 0.6) is 0 Å². The second-order valence-corrected chi connectivity index (χ2v) is 3.62. The van der Waals surface area contributed by atoms with E-state index in [0.717, 1.165) is 0 Å². The van der Waals surface area contributed by atoms with Crippen LogP contribution in [-0.2, 0) is 0 Å². The molecule has 0 bridgehead atoms. The normalized spacial score (nSPS) is 10.1. The summed E-state index contributed by atoms with van der Waals surface area (Å²) in [5.74, 6) is -0.480. The molecule has 0 atom stereocenters. The van der Waals surface area contributed by atoms with Crippen molar-refractivity contribution in [3.63, 3.8) is 0 Å². The molecule has 0 saturated heterocycles. The number of carbonyl (C=O) groups is 1. The van der Waals surface area contributed by atoms with Crippen molar-refractivity contribution in [2.24, 2.45) is 0 Å². The van der Waals surface area contributed by atoms with E-state index in [1.807, 2.05) is 0 Å². The summed E-state index contributed by atoms with van der Waals surface area (Å²) in [6, 6.07) is 6.02. The Balaban J connectivity index is 2.58. The van der Waals surface area contributed by atoms with Gasteiger partial charge in [-0.3, -0.25) is 9.78 Å². The molecule has 1 heterocycles. The van der Waals surface area contributed by atoms with Gasteiger partial charge in [-0.25, -0.2) is 4.39 Å². The van der Waals surface area contributed by atoms with Gasteiger partial charge in [0.2, 0.25) is 0 Å². The Morgan fingerprint density at radius 1 is 1.31 bits per heavy atom. The second kappa shape index (κ2) is 4.41. The monoisotopic (exact) mass is 235 g/mol. The van der Waals surface area contributed by atoms with Crippen molar-refractivity contribution in [3.8, 4) is 11.1 Å². The third-order valence-corrected chi connectivity index (χ3v) is 2.50. The molecule has 0 saturated carbocycles. The molecular weight excluding hydrogens is 229 g/mol. The molecular formula is C12H7ClFNO. The van der Waals surface area contributed by atoms with Crippen LogP contribution >= 0.6 is 11.6 Å². The largest absolute Gasteiger partial charge is 0.298 e. The molecule has 2 nitrogen and oxygen atoms in total. The minimum Gasteiger partial charge on any atom is -0.298 e. The molecule has 0 unspecified atom stereocenters. The van der Waals surface area contributed by atoms with Gasteiger partial charge in [0.15, 0.2) is 6.29 Å². The summed E-state index contributed by atoms with van der Waals surface area (Å²) in [5, 5.41) is 0.0335. The maximum absolute atomic E-state index is 13.0. The first-order valence-electron chi connectivity index (χ1n) is 4.57. The van der Waals surface area contributed by atoms with Crippen LogP contribution in [0.15, 0.2) is 36.7 Å². The lowest BCUT2D eigenvalue weighted by Crippen LogP contribution is -1.89. The zero-order valence-corrected chi connectivity index (χ0v) is 8.91. The third-order valence-electron chi connectivity index (χ3n) is 2.21. The number of nitrogens with zero attached hydrogens (tertiary/aromatic N) is 1. The van der Waals surface area contributed by atoms with E-state index in [0.29, 0.717) is 23.0 Å². The zero-order chi connectivity index (χ0) is 11.5. The lowest BCUT2D eigenvalue weighted by molar-refractivity contribution is 0.112. The number of aldehydes is 1. The smallest absolute Gasteiger partial charge is 0.152 e. The molecule has 0 radical (unpaired) electrons. The fourth-order valence-corrected chi connectivity index (χ4v) is 1.61. The molecule has 16 heavy (non-hydrogen) atoms. The lowest BCUT2D eigenvalue weighted by atomic mass is 10.0. The highest BCUT2D eigenvalue weighted by Gasteiger charge is 2.06. The van der Waals surface area contributed by atoms with Gasteiger partial charge in [0.1, 0.15) is 5.82 Å². The fourth-order valence-electron chi connectivity index (χ4n) is 1.43. The number of hydrogen-bond acceptors (Lipinski definition) is 2. The van der Waals surface area contributed by atoms with Crippen LogP contribution in [0, 0.1) is 5.82 Å². The van der Waals surface area contributed by atoms with E-state index < -0.39 is 5.82 Å². The van der Waals surface area contributed by atoms with Crippen molar-refractivity contribution in [3.05, 3.63) is 53.1 Å². The SMILES string of the molecule is O=Cc1cnccc1-c1ccc(F)c(Cl)c1. The van der Waals surface area contributed by atoms with Gasteiger partial charge < -0.3 is 0 Å². The molecule has 0 N–H and O–H groups in total. The summed E-state index contributed by atoms with van der Waals surface area (Å²) >= 11 is 5.68. The van der Waals surface area contributed by atoms with Gasteiger partial charge in [-0.05, 0) is 29.3 Å². The molecule has 0 amide bonds. The van der Waals surface area contributed by atoms with E-state index in [-0.39, 0.29) is 5.02 Å². The highest BCUT2D eigenvalue weighted by Crippen LogP contribution is 2.26. The van der Waals surface area contributed by atoms with E-state index in [1.165, 1.54) is 18.3 Å². The van der Waals surface area contributed by atoms with Crippen molar-refractivity contribution >= 4 is 17.9 Å². The summed E-state index contributed by atoms with van der Waals surface area (Å²) in [5.41, 5.74) is 1.83. The molecule has 0 aliphatic heterocycles. The van der Waals surface area contributed by atoms with E-state index in [4.69, 9.17) is 11.6 Å². The van der Waals surface area contributed by atoms with Gasteiger partial charge >= 0.3 is 0 Å². The molecule has 0 aliphatic rings. The highest BCUT2D eigenvalue weighted by molar-refractivity contribution is 6.31. The first-order valence-corrected chi connectivity index (χ1v) is 4.95. The van der Waals surface area contributed by atoms with Gasteiger partial charge in [0.05, 0.1) is 5.02 Å². The Kier molecular flexibility index (Phi) is 2.97. The molecule has 1 aromatic carbocycles. The third kappa shape index (κ3) is 1.95. The molecule has 0 spiro atoms. The number of pyridine rings is 1. The molecule has 80 valence electrons. The average Bonchev–Trinajstić information content (AvgIpc) is 2.32. The Hall–Kier alpha value is -1.74. The maximum Gasteiger partial charge on any atom is 0.152 e. The Morgan fingerprint density at radius 2 is 2.12 bits per heavy atom. The van der Waals surface area contributed by atoms with Crippen molar-refractivity contribution in [1.82, 2.24) is 4.98 Å². The lowest BCUT2D eigenvalue weighted by Gasteiger charge is -2.04. The number of hydrogen-bond donors (Lipinski definition) is 0. The molecule has 4 heteroatoms. The quantitative estimate of drug-likeness (QED) is 0.747. The molecule has 0 aliphatic carbocycles. The predicted molar refractivity (Wildman–Crippen MR) is 60.0 cm³/mol. The van der Waals surface area contributed by atoms with E-state index in [9.17, 15) is 9.18 Å². The summed E-state index contributed by atoms with van der Waals surface area (Å²) in [6.45, 7) is 0.